The van der Waals surface area contributed by atoms with E-state index < -0.39 is 15.6 Å². The van der Waals surface area contributed by atoms with Crippen LogP contribution in [0.5, 0.6) is 0 Å². The van der Waals surface area contributed by atoms with Gasteiger partial charge in [-0.05, 0) is 67.4 Å². The van der Waals surface area contributed by atoms with Crippen LogP contribution in [0.3, 0.4) is 0 Å². The Morgan fingerprint density at radius 2 is 1.74 bits per heavy atom. The molecule has 0 bridgehead atoms. The lowest BCUT2D eigenvalue weighted by Crippen LogP contribution is -2.29. The number of aromatic nitrogens is 5. The average Bonchev–Trinajstić information content (AvgIpc) is 3.46. The van der Waals surface area contributed by atoms with Crippen LogP contribution in [0.1, 0.15) is 41.8 Å². The maximum absolute atomic E-state index is 13.0. The number of nitrogens with zero attached hydrogens (tertiary/aromatic N) is 5. The molecule has 0 unspecified atom stereocenters. The summed E-state index contributed by atoms with van der Waals surface area (Å²) in [6.07, 6.45) is 3.58. The van der Waals surface area contributed by atoms with E-state index in [1.54, 1.807) is 68.7 Å². The fourth-order valence-corrected chi connectivity index (χ4v) is 5.68. The van der Waals surface area contributed by atoms with E-state index in [0.717, 1.165) is 5.56 Å². The van der Waals surface area contributed by atoms with Gasteiger partial charge < -0.3 is 9.51 Å². The van der Waals surface area contributed by atoms with Crippen molar-refractivity contribution >= 4 is 27.0 Å². The number of hydrogen-bond acceptors (Lipinski definition) is 9. The molecule has 0 atom stereocenters. The molecule has 0 spiro atoms. The molecule has 0 amide bonds. The Bertz CT molecular complexity index is 1660. The van der Waals surface area contributed by atoms with Crippen molar-refractivity contribution in [2.75, 3.05) is 10.5 Å². The summed E-state index contributed by atoms with van der Waals surface area (Å²) < 4.78 is 32.9. The lowest BCUT2D eigenvalue weighted by molar-refractivity contribution is 0.393. The number of benzene rings is 1. The number of aromatic amines is 1. The number of H-pyrrole nitrogens is 1. The highest BCUT2D eigenvalue weighted by Crippen LogP contribution is 2.44. The largest absolute Gasteiger partial charge is 0.361 e. The van der Waals surface area contributed by atoms with Gasteiger partial charge in [-0.1, -0.05) is 24.2 Å². The summed E-state index contributed by atoms with van der Waals surface area (Å²) in [6.45, 7) is 5.38. The lowest BCUT2D eigenvalue weighted by atomic mass is 9.81. The average molecular weight is 532 g/mol. The minimum absolute atomic E-state index is 0.0208. The molecule has 38 heavy (non-hydrogen) atoms. The zero-order chi connectivity index (χ0) is 26.9. The van der Waals surface area contributed by atoms with Gasteiger partial charge in [-0.3, -0.25) is 14.7 Å². The molecule has 12 heteroatoms. The second-order valence-electron chi connectivity index (χ2n) is 8.86. The number of sulfonamides is 1. The number of nitroso groups, excluding NO2 is 1. The minimum atomic E-state index is -3.64. The minimum Gasteiger partial charge on any atom is -0.361 e. The monoisotopic (exact) mass is 531 g/mol. The SMILES string of the molecule is CCCS(=O)(=O)Nc1nc2c(C(N=O)(c3ccccn3)c3ccccn3)cc(-c3c(C)noc3C)cc2[nH]1. The van der Waals surface area contributed by atoms with E-state index in [4.69, 9.17) is 4.52 Å². The predicted molar refractivity (Wildman–Crippen MR) is 143 cm³/mol. The van der Waals surface area contributed by atoms with Gasteiger partial charge in [0.05, 0.1) is 33.9 Å². The van der Waals surface area contributed by atoms with E-state index in [1.807, 2.05) is 13.0 Å². The quantitative estimate of drug-likeness (QED) is 0.256. The van der Waals surface area contributed by atoms with Crippen LogP contribution >= 0.6 is 0 Å². The number of rotatable bonds is 9. The predicted octanol–water partition coefficient (Wildman–Crippen LogP) is 4.83. The Labute approximate surface area is 218 Å². The fraction of sp³-hybridized carbons (Fsp3) is 0.231. The van der Waals surface area contributed by atoms with Gasteiger partial charge in [-0.25, -0.2) is 13.4 Å². The van der Waals surface area contributed by atoms with Crippen LogP contribution in [0.4, 0.5) is 5.95 Å². The van der Waals surface area contributed by atoms with Gasteiger partial charge in [-0.15, -0.1) is 4.91 Å². The number of hydrogen-bond donors (Lipinski definition) is 2. The molecule has 0 saturated carbocycles. The summed E-state index contributed by atoms with van der Waals surface area (Å²) in [5, 5.41) is 7.73. The first-order chi connectivity index (χ1) is 18.3. The van der Waals surface area contributed by atoms with Crippen LogP contribution in [-0.2, 0) is 15.6 Å². The van der Waals surface area contributed by atoms with Crippen molar-refractivity contribution in [2.45, 2.75) is 32.7 Å². The second kappa shape index (κ2) is 9.78. The topological polar surface area (TPSA) is 156 Å². The summed E-state index contributed by atoms with van der Waals surface area (Å²) >= 11 is 0. The molecule has 2 N–H and O–H groups in total. The molecule has 0 aliphatic heterocycles. The molecule has 4 heterocycles. The molecule has 5 rings (SSSR count). The zero-order valence-electron chi connectivity index (χ0n) is 21.0. The number of imidazole rings is 1. The Morgan fingerprint density at radius 3 is 2.26 bits per heavy atom. The van der Waals surface area contributed by atoms with Crippen molar-refractivity contribution in [1.29, 1.82) is 0 Å². The van der Waals surface area contributed by atoms with Crippen LogP contribution in [-0.4, -0.2) is 39.3 Å². The molecule has 0 saturated heterocycles. The Morgan fingerprint density at radius 1 is 1.05 bits per heavy atom. The van der Waals surface area contributed by atoms with Gasteiger partial charge in [0.15, 0.2) is 0 Å². The molecule has 194 valence electrons. The number of aryl methyl sites for hydroxylation is 2. The molecular formula is C26H25N7O4S. The maximum atomic E-state index is 13.0. The van der Waals surface area contributed by atoms with Crippen molar-refractivity contribution in [3.8, 4) is 11.1 Å². The number of anilines is 1. The van der Waals surface area contributed by atoms with Crippen LogP contribution in [0.25, 0.3) is 22.2 Å². The molecule has 11 nitrogen and oxygen atoms in total. The third kappa shape index (κ3) is 4.32. The number of fused-ring (bicyclic) bond motifs is 1. The van der Waals surface area contributed by atoms with Crippen LogP contribution in [0, 0.1) is 18.8 Å². The van der Waals surface area contributed by atoms with Crippen LogP contribution in [0.2, 0.25) is 0 Å². The molecule has 0 aliphatic rings. The lowest BCUT2D eigenvalue weighted by Gasteiger charge is -2.26. The van der Waals surface area contributed by atoms with E-state index in [2.05, 4.69) is 35.0 Å². The third-order valence-electron chi connectivity index (χ3n) is 6.23. The summed E-state index contributed by atoms with van der Waals surface area (Å²) in [4.78, 5) is 29.6. The van der Waals surface area contributed by atoms with Crippen molar-refractivity contribution < 1.29 is 12.9 Å². The molecule has 1 aromatic carbocycles. The van der Waals surface area contributed by atoms with E-state index in [0.29, 0.717) is 51.4 Å². The molecule has 4 aromatic heterocycles. The summed E-state index contributed by atoms with van der Waals surface area (Å²) in [7, 11) is -3.64. The van der Waals surface area contributed by atoms with Crippen molar-refractivity contribution in [2.24, 2.45) is 5.18 Å². The normalized spacial score (nSPS) is 12.1. The number of nitrogens with one attached hydrogen (secondary N) is 2. The van der Waals surface area contributed by atoms with E-state index in [1.165, 1.54) is 0 Å². The summed E-state index contributed by atoms with van der Waals surface area (Å²) in [5.74, 6) is 0.534. The standard InChI is InChI=1S/C26H25N7O4S/c1-4-13-38(35,36)32-25-29-20-15-18(23-16(2)31-37-17(23)3)14-19(24(20)30-25)26(33-34,21-9-5-7-11-27-21)22-10-6-8-12-28-22/h5-12,14-15H,4,13H2,1-3H3,(H2,29,30,32). The van der Waals surface area contributed by atoms with Crippen LogP contribution < -0.4 is 4.72 Å². The third-order valence-corrected chi connectivity index (χ3v) is 7.68. The first kappa shape index (κ1) is 25.2. The highest BCUT2D eigenvalue weighted by molar-refractivity contribution is 7.92. The van der Waals surface area contributed by atoms with Crippen LogP contribution in [0.15, 0.2) is 70.6 Å². The number of pyridine rings is 2. The maximum Gasteiger partial charge on any atom is 0.234 e. The van der Waals surface area contributed by atoms with E-state index in [9.17, 15) is 13.3 Å². The van der Waals surface area contributed by atoms with Gasteiger partial charge in [-0.2, -0.15) is 0 Å². The van der Waals surface area contributed by atoms with Crippen molar-refractivity contribution in [3.63, 3.8) is 0 Å². The van der Waals surface area contributed by atoms with Crippen molar-refractivity contribution in [1.82, 2.24) is 25.1 Å². The second-order valence-corrected chi connectivity index (χ2v) is 10.7. The van der Waals surface area contributed by atoms with Gasteiger partial charge in [0.2, 0.25) is 21.5 Å². The van der Waals surface area contributed by atoms with Gasteiger partial charge >= 0.3 is 0 Å². The van der Waals surface area contributed by atoms with E-state index >= 15 is 0 Å². The Balaban J connectivity index is 1.87. The Kier molecular flexibility index (Phi) is 6.49. The first-order valence-corrected chi connectivity index (χ1v) is 13.6. The molecule has 0 fully saturated rings. The zero-order valence-corrected chi connectivity index (χ0v) is 21.8. The van der Waals surface area contributed by atoms with Gasteiger partial charge in [0.1, 0.15) is 5.76 Å². The van der Waals surface area contributed by atoms with Crippen molar-refractivity contribution in [3.05, 3.63) is 94.2 Å². The van der Waals surface area contributed by atoms with Gasteiger partial charge in [0, 0.05) is 23.5 Å². The molecular weight excluding hydrogens is 506 g/mol. The fourth-order valence-electron chi connectivity index (χ4n) is 4.65. The van der Waals surface area contributed by atoms with Gasteiger partial charge in [0.25, 0.3) is 0 Å². The highest BCUT2D eigenvalue weighted by Gasteiger charge is 2.44. The highest BCUT2D eigenvalue weighted by atomic mass is 32.2. The molecule has 0 radical (unpaired) electrons. The summed E-state index contributed by atoms with van der Waals surface area (Å²) in [6, 6.07) is 14.0. The summed E-state index contributed by atoms with van der Waals surface area (Å²) in [5.41, 5.74) is 2.21. The first-order valence-electron chi connectivity index (χ1n) is 11.9. The smallest absolute Gasteiger partial charge is 0.234 e. The Hall–Kier alpha value is -4.45. The van der Waals surface area contributed by atoms with E-state index in [-0.39, 0.29) is 11.7 Å². The molecule has 0 aliphatic carbocycles. The molecule has 5 aromatic rings.